The Morgan fingerprint density at radius 2 is 2.00 bits per heavy atom. The van der Waals surface area contributed by atoms with Gasteiger partial charge in [0.1, 0.15) is 0 Å². The summed E-state index contributed by atoms with van der Waals surface area (Å²) in [6.45, 7) is 0. The van der Waals surface area contributed by atoms with Crippen molar-refractivity contribution in [3.63, 3.8) is 0 Å². The Balaban J connectivity index is 2.53. The second-order valence-electron chi connectivity index (χ2n) is 3.77. The maximum absolute atomic E-state index is 12.6. The minimum Gasteiger partial charge on any atom is -0.399 e. The summed E-state index contributed by atoms with van der Waals surface area (Å²) in [6.07, 6.45) is -4.75. The molecule has 0 amide bonds. The summed E-state index contributed by atoms with van der Waals surface area (Å²) < 4.78 is 37.9. The van der Waals surface area contributed by atoms with Crippen LogP contribution in [0.3, 0.4) is 0 Å². The molecule has 0 aromatic heterocycles. The van der Waals surface area contributed by atoms with Gasteiger partial charge >= 0.3 is 6.18 Å². The summed E-state index contributed by atoms with van der Waals surface area (Å²) in [7, 11) is 0. The standard InChI is InChI=1S/C10H10F3NO/c11-10(12,13)9(15)4-3-6-5-7(14)1-2-8(6)9/h1-2,5,15H,3-4,14H2/t9-/m1/s1. The smallest absolute Gasteiger partial charge is 0.399 e. The van der Waals surface area contributed by atoms with Crippen molar-refractivity contribution in [1.82, 2.24) is 0 Å². The van der Waals surface area contributed by atoms with Gasteiger partial charge in [-0.15, -0.1) is 0 Å². The Morgan fingerprint density at radius 1 is 1.33 bits per heavy atom. The lowest BCUT2D eigenvalue weighted by Crippen LogP contribution is -2.40. The van der Waals surface area contributed by atoms with Gasteiger partial charge in [-0.2, -0.15) is 13.2 Å². The molecule has 0 saturated heterocycles. The zero-order valence-corrected chi connectivity index (χ0v) is 7.80. The van der Waals surface area contributed by atoms with Crippen molar-refractivity contribution in [3.05, 3.63) is 29.3 Å². The van der Waals surface area contributed by atoms with Crippen molar-refractivity contribution < 1.29 is 18.3 Å². The molecule has 0 aliphatic heterocycles. The molecule has 1 aliphatic rings. The van der Waals surface area contributed by atoms with Gasteiger partial charge in [0.2, 0.25) is 0 Å². The molecule has 1 aromatic rings. The summed E-state index contributed by atoms with van der Waals surface area (Å²) in [5.74, 6) is 0. The predicted molar refractivity (Wildman–Crippen MR) is 49.1 cm³/mol. The summed E-state index contributed by atoms with van der Waals surface area (Å²) in [4.78, 5) is 0. The van der Waals surface area contributed by atoms with Gasteiger partial charge in [-0.05, 0) is 36.1 Å². The van der Waals surface area contributed by atoms with Gasteiger partial charge in [0.15, 0.2) is 5.60 Å². The van der Waals surface area contributed by atoms with Crippen molar-refractivity contribution >= 4 is 5.69 Å². The molecule has 2 nitrogen and oxygen atoms in total. The van der Waals surface area contributed by atoms with Crippen LogP contribution in [0.2, 0.25) is 0 Å². The first-order valence-electron chi connectivity index (χ1n) is 4.52. The molecule has 1 atom stereocenters. The van der Waals surface area contributed by atoms with Crippen LogP contribution in [0.4, 0.5) is 18.9 Å². The van der Waals surface area contributed by atoms with Gasteiger partial charge < -0.3 is 10.8 Å². The van der Waals surface area contributed by atoms with Crippen LogP contribution >= 0.6 is 0 Å². The quantitative estimate of drug-likeness (QED) is 0.652. The third kappa shape index (κ3) is 1.38. The molecule has 0 saturated carbocycles. The molecular weight excluding hydrogens is 207 g/mol. The van der Waals surface area contributed by atoms with E-state index in [4.69, 9.17) is 5.73 Å². The van der Waals surface area contributed by atoms with Crippen molar-refractivity contribution in [1.29, 1.82) is 0 Å². The molecule has 15 heavy (non-hydrogen) atoms. The molecule has 1 aromatic carbocycles. The average Bonchev–Trinajstić information content (AvgIpc) is 2.43. The highest BCUT2D eigenvalue weighted by molar-refractivity contribution is 5.49. The number of hydrogen-bond donors (Lipinski definition) is 2. The maximum Gasteiger partial charge on any atom is 0.421 e. The number of aryl methyl sites for hydroxylation is 1. The first kappa shape index (κ1) is 10.3. The van der Waals surface area contributed by atoms with E-state index in [1.165, 1.54) is 18.2 Å². The Morgan fingerprint density at radius 3 is 2.60 bits per heavy atom. The lowest BCUT2D eigenvalue weighted by molar-refractivity contribution is -0.265. The minimum atomic E-state index is -4.63. The summed E-state index contributed by atoms with van der Waals surface area (Å²) in [5.41, 5.74) is 3.60. The molecule has 5 heteroatoms. The van der Waals surface area contributed by atoms with E-state index in [-0.39, 0.29) is 18.4 Å². The van der Waals surface area contributed by atoms with Crippen molar-refractivity contribution in [2.24, 2.45) is 0 Å². The Hall–Kier alpha value is -1.23. The topological polar surface area (TPSA) is 46.2 Å². The Bertz CT molecular complexity index is 402. The van der Waals surface area contributed by atoms with Crippen LogP contribution in [-0.2, 0) is 12.0 Å². The molecule has 82 valence electrons. The van der Waals surface area contributed by atoms with Crippen LogP contribution in [0.25, 0.3) is 0 Å². The van der Waals surface area contributed by atoms with Crippen LogP contribution in [0.1, 0.15) is 17.5 Å². The number of nitrogens with two attached hydrogens (primary N) is 1. The van der Waals surface area contributed by atoms with E-state index in [2.05, 4.69) is 0 Å². The lowest BCUT2D eigenvalue weighted by atomic mass is 9.95. The number of nitrogen functional groups attached to an aromatic ring is 1. The van der Waals surface area contributed by atoms with Crippen LogP contribution < -0.4 is 5.73 Å². The van der Waals surface area contributed by atoms with Gasteiger partial charge in [0, 0.05) is 5.69 Å². The van der Waals surface area contributed by atoms with Crippen molar-refractivity contribution in [3.8, 4) is 0 Å². The number of hydrogen-bond acceptors (Lipinski definition) is 2. The summed E-state index contributed by atoms with van der Waals surface area (Å²) in [6, 6.07) is 4.12. The predicted octanol–water partition coefficient (Wildman–Crippen LogP) is 1.96. The highest BCUT2D eigenvalue weighted by Crippen LogP contribution is 2.48. The van der Waals surface area contributed by atoms with Gasteiger partial charge in [-0.25, -0.2) is 0 Å². The molecule has 0 bridgehead atoms. The molecule has 2 rings (SSSR count). The highest BCUT2D eigenvalue weighted by Gasteiger charge is 2.57. The molecular formula is C10H10F3NO. The fourth-order valence-corrected chi connectivity index (χ4v) is 1.97. The van der Waals surface area contributed by atoms with Crippen molar-refractivity contribution in [2.75, 3.05) is 5.73 Å². The van der Waals surface area contributed by atoms with E-state index in [1.807, 2.05) is 0 Å². The largest absolute Gasteiger partial charge is 0.421 e. The molecule has 0 fully saturated rings. The fraction of sp³-hybridized carbons (Fsp3) is 0.400. The lowest BCUT2D eigenvalue weighted by Gasteiger charge is -2.26. The second kappa shape index (κ2) is 2.88. The van der Waals surface area contributed by atoms with E-state index >= 15 is 0 Å². The van der Waals surface area contributed by atoms with E-state index in [0.29, 0.717) is 11.3 Å². The van der Waals surface area contributed by atoms with E-state index in [1.54, 1.807) is 0 Å². The first-order valence-corrected chi connectivity index (χ1v) is 4.52. The average molecular weight is 217 g/mol. The van der Waals surface area contributed by atoms with E-state index in [0.717, 1.165) is 0 Å². The molecule has 0 spiro atoms. The van der Waals surface area contributed by atoms with Gasteiger partial charge in [-0.3, -0.25) is 0 Å². The van der Waals surface area contributed by atoms with Gasteiger partial charge in [-0.1, -0.05) is 6.07 Å². The zero-order valence-electron chi connectivity index (χ0n) is 7.80. The Kier molecular flexibility index (Phi) is 1.98. The van der Waals surface area contributed by atoms with Crippen LogP contribution in [0.5, 0.6) is 0 Å². The molecule has 0 heterocycles. The van der Waals surface area contributed by atoms with Crippen molar-refractivity contribution in [2.45, 2.75) is 24.6 Å². The normalized spacial score (nSPS) is 25.3. The van der Waals surface area contributed by atoms with E-state index in [9.17, 15) is 18.3 Å². The first-order chi connectivity index (χ1) is 6.84. The molecule has 1 aliphatic carbocycles. The molecule has 0 radical (unpaired) electrons. The van der Waals surface area contributed by atoms with Crippen LogP contribution in [0, 0.1) is 0 Å². The third-order valence-corrected chi connectivity index (χ3v) is 2.80. The summed E-state index contributed by atoms with van der Waals surface area (Å²) in [5, 5.41) is 9.61. The molecule has 0 unspecified atom stereocenters. The number of fused-ring (bicyclic) bond motifs is 1. The Labute approximate surface area is 84.5 Å². The highest BCUT2D eigenvalue weighted by atomic mass is 19.4. The number of halogens is 3. The zero-order chi connectivity index (χ0) is 11.3. The number of benzene rings is 1. The van der Waals surface area contributed by atoms with E-state index < -0.39 is 11.8 Å². The van der Waals surface area contributed by atoms with Gasteiger partial charge in [0.25, 0.3) is 0 Å². The SMILES string of the molecule is Nc1ccc2c(c1)CC[C@]2(O)C(F)(F)F. The monoisotopic (exact) mass is 217 g/mol. The second-order valence-corrected chi connectivity index (χ2v) is 3.77. The van der Waals surface area contributed by atoms with Gasteiger partial charge in [0.05, 0.1) is 0 Å². The third-order valence-electron chi connectivity index (χ3n) is 2.80. The number of aliphatic hydroxyl groups is 1. The van der Waals surface area contributed by atoms with Crippen LogP contribution in [-0.4, -0.2) is 11.3 Å². The summed E-state index contributed by atoms with van der Waals surface area (Å²) >= 11 is 0. The number of alkyl halides is 3. The minimum absolute atomic E-state index is 0.0656. The van der Waals surface area contributed by atoms with Crippen LogP contribution in [0.15, 0.2) is 18.2 Å². The maximum atomic E-state index is 12.6. The molecule has 3 N–H and O–H groups in total. The fourth-order valence-electron chi connectivity index (χ4n) is 1.97. The number of rotatable bonds is 0. The number of anilines is 1.